The summed E-state index contributed by atoms with van der Waals surface area (Å²) >= 11 is 0. The number of nitrogens with zero attached hydrogens (tertiary/aromatic N) is 1. The van der Waals surface area contributed by atoms with Gasteiger partial charge < -0.3 is 14.7 Å². The third-order valence-corrected chi connectivity index (χ3v) is 3.39. The van der Waals surface area contributed by atoms with Crippen LogP contribution in [-0.4, -0.2) is 29.6 Å². The maximum Gasteiger partial charge on any atom is 0.352 e. The SMILES string of the molecule is C=C(C)C(O)(C(=O)OC1=CCN(C)C=C1)c1ccccc1. The summed E-state index contributed by atoms with van der Waals surface area (Å²) in [5.74, 6) is -0.324. The summed E-state index contributed by atoms with van der Waals surface area (Å²) < 4.78 is 5.32. The van der Waals surface area contributed by atoms with E-state index in [0.717, 1.165) is 0 Å². The summed E-state index contributed by atoms with van der Waals surface area (Å²) in [7, 11) is 1.92. The number of carbonyl (C=O) groups is 1. The summed E-state index contributed by atoms with van der Waals surface area (Å²) in [6.07, 6.45) is 5.28. The summed E-state index contributed by atoms with van der Waals surface area (Å²) in [5, 5.41) is 10.8. The Labute approximate surface area is 124 Å². The van der Waals surface area contributed by atoms with Crippen molar-refractivity contribution >= 4 is 5.97 Å². The van der Waals surface area contributed by atoms with Crippen molar-refractivity contribution in [3.8, 4) is 0 Å². The van der Waals surface area contributed by atoms with Crippen LogP contribution in [-0.2, 0) is 15.1 Å². The molecule has 4 nitrogen and oxygen atoms in total. The zero-order chi connectivity index (χ0) is 15.5. The molecule has 1 unspecified atom stereocenters. The molecule has 1 aromatic carbocycles. The first-order chi connectivity index (χ1) is 9.94. The van der Waals surface area contributed by atoms with E-state index < -0.39 is 11.6 Å². The Bertz CT molecular complexity index is 604. The number of carbonyl (C=O) groups excluding carboxylic acids is 1. The third-order valence-electron chi connectivity index (χ3n) is 3.39. The van der Waals surface area contributed by atoms with E-state index >= 15 is 0 Å². The van der Waals surface area contributed by atoms with Gasteiger partial charge in [-0.05, 0) is 30.2 Å². The van der Waals surface area contributed by atoms with Gasteiger partial charge in [0.2, 0.25) is 5.60 Å². The van der Waals surface area contributed by atoms with Crippen molar-refractivity contribution in [2.45, 2.75) is 12.5 Å². The summed E-state index contributed by atoms with van der Waals surface area (Å²) in [5.41, 5.74) is -1.09. The van der Waals surface area contributed by atoms with E-state index in [1.165, 1.54) is 0 Å². The molecule has 110 valence electrons. The van der Waals surface area contributed by atoms with Crippen molar-refractivity contribution in [3.63, 3.8) is 0 Å². The average molecular weight is 285 g/mol. The van der Waals surface area contributed by atoms with E-state index in [1.807, 2.05) is 24.2 Å². The van der Waals surface area contributed by atoms with Gasteiger partial charge in [0.1, 0.15) is 5.76 Å². The molecule has 1 aromatic rings. The molecule has 0 bridgehead atoms. The van der Waals surface area contributed by atoms with Gasteiger partial charge in [-0.25, -0.2) is 4.79 Å². The number of allylic oxidation sites excluding steroid dienone is 1. The number of hydrogen-bond acceptors (Lipinski definition) is 4. The highest BCUT2D eigenvalue weighted by Crippen LogP contribution is 2.30. The lowest BCUT2D eigenvalue weighted by atomic mass is 9.88. The van der Waals surface area contributed by atoms with E-state index in [-0.39, 0.29) is 0 Å². The number of hydrogen-bond donors (Lipinski definition) is 1. The maximum atomic E-state index is 12.4. The molecule has 1 aliphatic rings. The molecule has 0 saturated heterocycles. The Balaban J connectivity index is 2.25. The summed E-state index contributed by atoms with van der Waals surface area (Å²) in [4.78, 5) is 14.4. The molecule has 1 atom stereocenters. The van der Waals surface area contributed by atoms with Gasteiger partial charge >= 0.3 is 5.97 Å². The standard InChI is InChI=1S/C17H19NO3/c1-13(2)17(20,14-7-5-4-6-8-14)16(19)21-15-9-11-18(3)12-10-15/h4-11,20H,1,12H2,2-3H3. The van der Waals surface area contributed by atoms with Crippen LogP contribution in [0.5, 0.6) is 0 Å². The predicted octanol–water partition coefficient (Wildman–Crippen LogP) is 2.34. The Morgan fingerprint density at radius 3 is 2.57 bits per heavy atom. The molecule has 1 N–H and O–H groups in total. The molecular weight excluding hydrogens is 266 g/mol. The molecule has 0 fully saturated rings. The van der Waals surface area contributed by atoms with Crippen molar-refractivity contribution in [1.82, 2.24) is 4.90 Å². The lowest BCUT2D eigenvalue weighted by Gasteiger charge is -2.27. The lowest BCUT2D eigenvalue weighted by Crippen LogP contribution is -2.38. The van der Waals surface area contributed by atoms with Gasteiger partial charge in [-0.15, -0.1) is 0 Å². The first-order valence-corrected chi connectivity index (χ1v) is 6.69. The minimum absolute atomic E-state index is 0.316. The van der Waals surface area contributed by atoms with E-state index in [1.54, 1.807) is 43.3 Å². The topological polar surface area (TPSA) is 49.8 Å². The van der Waals surface area contributed by atoms with Crippen LogP contribution in [0.4, 0.5) is 0 Å². The highest BCUT2D eigenvalue weighted by Gasteiger charge is 2.41. The van der Waals surface area contributed by atoms with Crippen molar-refractivity contribution in [2.75, 3.05) is 13.6 Å². The number of likely N-dealkylation sites (N-methyl/N-ethyl adjacent to an activating group) is 1. The predicted molar refractivity (Wildman–Crippen MR) is 81.1 cm³/mol. The molecule has 0 saturated carbocycles. The molecule has 2 rings (SSSR count). The van der Waals surface area contributed by atoms with Crippen LogP contribution in [0.15, 0.2) is 66.6 Å². The second-order valence-electron chi connectivity index (χ2n) is 5.11. The number of aliphatic hydroxyl groups is 1. The average Bonchev–Trinajstić information content (AvgIpc) is 2.49. The zero-order valence-corrected chi connectivity index (χ0v) is 12.2. The Kier molecular flexibility index (Phi) is 4.29. The van der Waals surface area contributed by atoms with Gasteiger partial charge in [0.15, 0.2) is 0 Å². The highest BCUT2D eigenvalue weighted by atomic mass is 16.6. The lowest BCUT2D eigenvalue weighted by molar-refractivity contribution is -0.157. The van der Waals surface area contributed by atoms with Gasteiger partial charge in [-0.1, -0.05) is 36.9 Å². The second kappa shape index (κ2) is 5.97. The summed E-state index contributed by atoms with van der Waals surface area (Å²) in [6, 6.07) is 8.68. The number of rotatable bonds is 4. The quantitative estimate of drug-likeness (QED) is 0.681. The zero-order valence-electron chi connectivity index (χ0n) is 12.2. The van der Waals surface area contributed by atoms with E-state index in [4.69, 9.17) is 4.74 Å². The van der Waals surface area contributed by atoms with Gasteiger partial charge in [0.25, 0.3) is 0 Å². The minimum atomic E-state index is -1.85. The van der Waals surface area contributed by atoms with Gasteiger partial charge in [-0.2, -0.15) is 0 Å². The van der Waals surface area contributed by atoms with Crippen LogP contribution in [0.3, 0.4) is 0 Å². The normalized spacial score (nSPS) is 16.9. The molecule has 0 radical (unpaired) electrons. The molecule has 1 aliphatic heterocycles. The van der Waals surface area contributed by atoms with Crippen LogP contribution < -0.4 is 0 Å². The van der Waals surface area contributed by atoms with Gasteiger partial charge in [0.05, 0.1) is 0 Å². The van der Waals surface area contributed by atoms with Crippen molar-refractivity contribution < 1.29 is 14.6 Å². The fourth-order valence-electron chi connectivity index (χ4n) is 2.04. The highest BCUT2D eigenvalue weighted by molar-refractivity contribution is 5.85. The fraction of sp³-hybridized carbons (Fsp3) is 0.235. The van der Waals surface area contributed by atoms with Crippen molar-refractivity contribution in [3.05, 3.63) is 72.2 Å². The van der Waals surface area contributed by atoms with Crippen LogP contribution in [0.2, 0.25) is 0 Å². The van der Waals surface area contributed by atoms with Crippen molar-refractivity contribution in [2.24, 2.45) is 0 Å². The van der Waals surface area contributed by atoms with E-state index in [2.05, 4.69) is 6.58 Å². The monoisotopic (exact) mass is 285 g/mol. The molecule has 1 heterocycles. The van der Waals surface area contributed by atoms with Crippen LogP contribution >= 0.6 is 0 Å². The molecule has 0 aliphatic carbocycles. The Morgan fingerprint density at radius 2 is 2.05 bits per heavy atom. The number of benzene rings is 1. The van der Waals surface area contributed by atoms with Crippen LogP contribution in [0, 0.1) is 0 Å². The molecule has 0 amide bonds. The largest absolute Gasteiger partial charge is 0.424 e. The molecule has 0 spiro atoms. The molecular formula is C17H19NO3. The first kappa shape index (κ1) is 15.1. The molecule has 21 heavy (non-hydrogen) atoms. The molecule has 4 heteroatoms. The Hall–Kier alpha value is -2.33. The van der Waals surface area contributed by atoms with Gasteiger partial charge in [0, 0.05) is 19.8 Å². The second-order valence-corrected chi connectivity index (χ2v) is 5.11. The van der Waals surface area contributed by atoms with Crippen LogP contribution in [0.1, 0.15) is 12.5 Å². The third kappa shape index (κ3) is 3.06. The van der Waals surface area contributed by atoms with Crippen molar-refractivity contribution in [1.29, 1.82) is 0 Å². The van der Waals surface area contributed by atoms with E-state index in [9.17, 15) is 9.90 Å². The number of esters is 1. The van der Waals surface area contributed by atoms with Gasteiger partial charge in [-0.3, -0.25) is 0 Å². The van der Waals surface area contributed by atoms with Crippen LogP contribution in [0.25, 0.3) is 0 Å². The van der Waals surface area contributed by atoms with E-state index in [0.29, 0.717) is 23.4 Å². The maximum absolute atomic E-state index is 12.4. The Morgan fingerprint density at radius 1 is 1.38 bits per heavy atom. The summed E-state index contributed by atoms with van der Waals surface area (Å²) in [6.45, 7) is 5.99. The molecule has 0 aromatic heterocycles. The smallest absolute Gasteiger partial charge is 0.352 e. The fourth-order valence-corrected chi connectivity index (χ4v) is 2.04. The first-order valence-electron chi connectivity index (χ1n) is 6.69. The minimum Gasteiger partial charge on any atom is -0.424 e. The number of ether oxygens (including phenoxy) is 1.